The summed E-state index contributed by atoms with van der Waals surface area (Å²) in [7, 11) is 0. The summed E-state index contributed by atoms with van der Waals surface area (Å²) in [6.45, 7) is 6.99. The molecule has 0 aromatic carbocycles. The molecule has 2 atom stereocenters. The van der Waals surface area contributed by atoms with E-state index in [1.54, 1.807) is 0 Å². The third-order valence-electron chi connectivity index (χ3n) is 4.21. The largest absolute Gasteiger partial charge is 0.381 e. The van der Waals surface area contributed by atoms with E-state index in [0.29, 0.717) is 5.92 Å². The van der Waals surface area contributed by atoms with Crippen molar-refractivity contribution in [3.05, 3.63) is 0 Å². The van der Waals surface area contributed by atoms with E-state index in [0.717, 1.165) is 39.0 Å². The molecule has 1 aliphatic rings. The number of nitrogens with zero attached hydrogens (tertiary/aromatic N) is 1. The summed E-state index contributed by atoms with van der Waals surface area (Å²) in [6.07, 6.45) is 9.12. The van der Waals surface area contributed by atoms with Crippen LogP contribution in [0, 0.1) is 17.2 Å². The third kappa shape index (κ3) is 5.12. The number of ether oxygens (including phenoxy) is 1. The molecule has 19 heavy (non-hydrogen) atoms. The van der Waals surface area contributed by atoms with Crippen LogP contribution < -0.4 is 5.32 Å². The van der Waals surface area contributed by atoms with E-state index < -0.39 is 0 Å². The van der Waals surface area contributed by atoms with E-state index in [4.69, 9.17) is 4.74 Å². The standard InChI is InChI=1S/C16H30N2O/c1-3-5-6-12-19-13-9-15-8-7-10-16(15,14-17)18-11-4-2/h15,18H,3-13H2,1-2H3. The normalized spacial score (nSPS) is 26.5. The summed E-state index contributed by atoms with van der Waals surface area (Å²) in [6, 6.07) is 2.56. The molecule has 2 unspecified atom stereocenters. The van der Waals surface area contributed by atoms with Gasteiger partial charge in [-0.25, -0.2) is 0 Å². The van der Waals surface area contributed by atoms with Gasteiger partial charge in [-0.2, -0.15) is 5.26 Å². The summed E-state index contributed by atoms with van der Waals surface area (Å²) in [5.41, 5.74) is -0.275. The van der Waals surface area contributed by atoms with Crippen LogP contribution in [0.5, 0.6) is 0 Å². The molecule has 0 saturated heterocycles. The Bertz CT molecular complexity index is 274. The van der Waals surface area contributed by atoms with Crippen LogP contribution in [0.4, 0.5) is 0 Å². The van der Waals surface area contributed by atoms with Gasteiger partial charge in [0.05, 0.1) is 6.07 Å². The van der Waals surface area contributed by atoms with Crippen LogP contribution >= 0.6 is 0 Å². The van der Waals surface area contributed by atoms with Crippen LogP contribution in [0.15, 0.2) is 0 Å². The quantitative estimate of drug-likeness (QED) is 0.614. The first-order valence-electron chi connectivity index (χ1n) is 8.03. The Morgan fingerprint density at radius 2 is 2.11 bits per heavy atom. The number of nitrogens with one attached hydrogen (secondary N) is 1. The van der Waals surface area contributed by atoms with Crippen LogP contribution in [0.25, 0.3) is 0 Å². The lowest BCUT2D eigenvalue weighted by atomic mass is 9.86. The molecule has 0 radical (unpaired) electrons. The minimum atomic E-state index is -0.275. The van der Waals surface area contributed by atoms with Gasteiger partial charge in [0.15, 0.2) is 0 Å². The predicted octanol–water partition coefficient (Wildman–Crippen LogP) is 3.65. The number of hydrogen-bond acceptors (Lipinski definition) is 3. The van der Waals surface area contributed by atoms with Crippen molar-refractivity contribution in [2.75, 3.05) is 19.8 Å². The second-order valence-corrected chi connectivity index (χ2v) is 5.71. The van der Waals surface area contributed by atoms with Crippen molar-refractivity contribution in [3.63, 3.8) is 0 Å². The van der Waals surface area contributed by atoms with Crippen molar-refractivity contribution in [2.24, 2.45) is 5.92 Å². The first-order valence-corrected chi connectivity index (χ1v) is 8.03. The molecule has 0 amide bonds. The molecule has 110 valence electrons. The zero-order chi connectivity index (χ0) is 14.0. The summed E-state index contributed by atoms with van der Waals surface area (Å²) in [4.78, 5) is 0. The highest BCUT2D eigenvalue weighted by atomic mass is 16.5. The Balaban J connectivity index is 2.28. The summed E-state index contributed by atoms with van der Waals surface area (Å²) in [5, 5.41) is 13.0. The lowest BCUT2D eigenvalue weighted by molar-refractivity contribution is 0.108. The maximum atomic E-state index is 9.53. The highest BCUT2D eigenvalue weighted by Gasteiger charge is 2.42. The van der Waals surface area contributed by atoms with Gasteiger partial charge in [-0.3, -0.25) is 5.32 Å². The fourth-order valence-corrected chi connectivity index (χ4v) is 3.02. The third-order valence-corrected chi connectivity index (χ3v) is 4.21. The van der Waals surface area contributed by atoms with Crippen LogP contribution in [0.1, 0.15) is 65.2 Å². The molecular weight excluding hydrogens is 236 g/mol. The Hall–Kier alpha value is -0.590. The number of rotatable bonds is 10. The molecule has 0 heterocycles. The van der Waals surface area contributed by atoms with Gasteiger partial charge in [-0.05, 0) is 44.6 Å². The highest BCUT2D eigenvalue weighted by Crippen LogP contribution is 2.37. The van der Waals surface area contributed by atoms with Gasteiger partial charge >= 0.3 is 0 Å². The lowest BCUT2D eigenvalue weighted by Gasteiger charge is -2.30. The van der Waals surface area contributed by atoms with Gasteiger partial charge in [-0.1, -0.05) is 33.1 Å². The van der Waals surface area contributed by atoms with E-state index in [1.165, 1.54) is 32.1 Å². The Labute approximate surface area is 118 Å². The highest BCUT2D eigenvalue weighted by molar-refractivity contribution is 5.13. The second-order valence-electron chi connectivity index (χ2n) is 5.71. The summed E-state index contributed by atoms with van der Waals surface area (Å²) >= 11 is 0. The molecule has 0 aliphatic heterocycles. The van der Waals surface area contributed by atoms with Crippen molar-refractivity contribution < 1.29 is 4.74 Å². The molecule has 0 aromatic rings. The number of nitriles is 1. The average molecular weight is 266 g/mol. The molecule has 1 rings (SSSR count). The average Bonchev–Trinajstić information content (AvgIpc) is 2.84. The fraction of sp³-hybridized carbons (Fsp3) is 0.938. The predicted molar refractivity (Wildman–Crippen MR) is 78.9 cm³/mol. The van der Waals surface area contributed by atoms with Gasteiger partial charge in [0.25, 0.3) is 0 Å². The first-order chi connectivity index (χ1) is 9.29. The zero-order valence-corrected chi connectivity index (χ0v) is 12.7. The zero-order valence-electron chi connectivity index (χ0n) is 12.7. The lowest BCUT2D eigenvalue weighted by Crippen LogP contribution is -2.47. The van der Waals surface area contributed by atoms with Gasteiger partial charge in [0, 0.05) is 13.2 Å². The Kier molecular flexibility index (Phi) is 8.09. The summed E-state index contributed by atoms with van der Waals surface area (Å²) < 4.78 is 5.70. The van der Waals surface area contributed by atoms with Crippen LogP contribution in [0.2, 0.25) is 0 Å². The molecule has 1 saturated carbocycles. The maximum absolute atomic E-state index is 9.53. The van der Waals surface area contributed by atoms with Crippen molar-refractivity contribution in [1.82, 2.24) is 5.32 Å². The molecule has 0 aromatic heterocycles. The number of unbranched alkanes of at least 4 members (excludes halogenated alkanes) is 2. The molecule has 3 heteroatoms. The van der Waals surface area contributed by atoms with Crippen molar-refractivity contribution in [2.45, 2.75) is 70.8 Å². The monoisotopic (exact) mass is 266 g/mol. The van der Waals surface area contributed by atoms with E-state index in [1.807, 2.05) is 0 Å². The molecule has 1 fully saturated rings. The Morgan fingerprint density at radius 1 is 1.26 bits per heavy atom. The minimum Gasteiger partial charge on any atom is -0.381 e. The molecule has 3 nitrogen and oxygen atoms in total. The van der Waals surface area contributed by atoms with Crippen molar-refractivity contribution >= 4 is 0 Å². The second kappa shape index (κ2) is 9.34. The van der Waals surface area contributed by atoms with Gasteiger partial charge < -0.3 is 4.74 Å². The van der Waals surface area contributed by atoms with Crippen LogP contribution in [-0.2, 0) is 4.74 Å². The van der Waals surface area contributed by atoms with Crippen molar-refractivity contribution in [1.29, 1.82) is 5.26 Å². The topological polar surface area (TPSA) is 45.0 Å². The van der Waals surface area contributed by atoms with E-state index >= 15 is 0 Å². The maximum Gasteiger partial charge on any atom is 0.109 e. The smallest absolute Gasteiger partial charge is 0.109 e. The molecule has 1 aliphatic carbocycles. The van der Waals surface area contributed by atoms with Gasteiger partial charge in [-0.15, -0.1) is 0 Å². The minimum absolute atomic E-state index is 0.275. The number of hydrogen-bond donors (Lipinski definition) is 1. The van der Waals surface area contributed by atoms with E-state index in [2.05, 4.69) is 25.2 Å². The summed E-state index contributed by atoms with van der Waals surface area (Å²) in [5.74, 6) is 0.468. The van der Waals surface area contributed by atoms with Gasteiger partial charge in [0.2, 0.25) is 0 Å². The molecule has 0 spiro atoms. The fourth-order valence-electron chi connectivity index (χ4n) is 3.02. The van der Waals surface area contributed by atoms with Crippen LogP contribution in [-0.4, -0.2) is 25.3 Å². The van der Waals surface area contributed by atoms with Gasteiger partial charge in [0.1, 0.15) is 5.54 Å². The van der Waals surface area contributed by atoms with Crippen LogP contribution in [0.3, 0.4) is 0 Å². The first kappa shape index (κ1) is 16.5. The molecule has 1 N–H and O–H groups in total. The molecular formula is C16H30N2O. The Morgan fingerprint density at radius 3 is 2.79 bits per heavy atom. The SMILES string of the molecule is CCCCCOCCC1CCCC1(C#N)NCCC. The van der Waals surface area contributed by atoms with Crippen molar-refractivity contribution in [3.8, 4) is 6.07 Å². The molecule has 0 bridgehead atoms. The van der Waals surface area contributed by atoms with E-state index in [-0.39, 0.29) is 5.54 Å². The van der Waals surface area contributed by atoms with E-state index in [9.17, 15) is 5.26 Å².